The van der Waals surface area contributed by atoms with E-state index in [2.05, 4.69) is 0 Å². The number of aliphatic hydroxyl groups excluding tert-OH is 2. The van der Waals surface area contributed by atoms with E-state index in [1.165, 1.54) is 0 Å². The van der Waals surface area contributed by atoms with Gasteiger partial charge < -0.3 is 10.2 Å². The Balaban J connectivity index is 0. The van der Waals surface area contributed by atoms with Crippen LogP contribution in [0.15, 0.2) is 0 Å². The Hall–Kier alpha value is 2.51. The van der Waals surface area contributed by atoms with E-state index in [9.17, 15) is 0 Å². The summed E-state index contributed by atoms with van der Waals surface area (Å²) in [4.78, 5) is 0. The molecule has 0 aromatic rings. The van der Waals surface area contributed by atoms with Gasteiger partial charge in [-0.1, -0.05) is 0 Å². The fourth-order valence-electron chi connectivity index (χ4n) is 1.70. The van der Waals surface area contributed by atoms with E-state index in [-0.39, 0.29) is 12.2 Å². The first-order chi connectivity index (χ1) is 11.6. The Bertz CT molecular complexity index is 177. The van der Waals surface area contributed by atoms with Crippen molar-refractivity contribution in [1.82, 2.24) is 0 Å². The SMILES string of the molecule is OC1CCC(O)CC1.[CH]1[CH][CH][CH][CH]1.[CH]1[CH][CH][CH][CH]1.[Cl][Ti][Cl].[Cl][Ti][Cl]. The van der Waals surface area contributed by atoms with Gasteiger partial charge in [-0.05, 0) is 89.9 Å². The van der Waals surface area contributed by atoms with E-state index in [4.69, 9.17) is 47.4 Å². The molecule has 3 aliphatic rings. The van der Waals surface area contributed by atoms with Crippen LogP contribution in [0, 0.1) is 64.2 Å². The Labute approximate surface area is 182 Å². The zero-order valence-electron chi connectivity index (χ0n) is 13.2. The second-order valence-corrected chi connectivity index (χ2v) is 9.69. The molecule has 2 nitrogen and oxygen atoms in total. The van der Waals surface area contributed by atoms with Gasteiger partial charge in [0.2, 0.25) is 0 Å². The number of aliphatic hydroxyl groups is 2. The molecule has 0 spiro atoms. The van der Waals surface area contributed by atoms with Gasteiger partial charge in [0.25, 0.3) is 0 Å². The fraction of sp³-hybridized carbons (Fsp3) is 0.375. The molecule has 0 heterocycles. The molecule has 3 saturated carbocycles. The topological polar surface area (TPSA) is 40.5 Å². The van der Waals surface area contributed by atoms with Crippen molar-refractivity contribution >= 4 is 37.2 Å². The quantitative estimate of drug-likeness (QED) is 0.472. The molecule has 0 atom stereocenters. The monoisotopic (exact) mass is 482 g/mol. The van der Waals surface area contributed by atoms with Gasteiger partial charge in [-0.25, -0.2) is 0 Å². The molecule has 0 aliphatic heterocycles. The summed E-state index contributed by atoms with van der Waals surface area (Å²) >= 11 is -1.11. The maximum absolute atomic E-state index is 8.92. The van der Waals surface area contributed by atoms with Crippen molar-refractivity contribution in [2.45, 2.75) is 37.9 Å². The van der Waals surface area contributed by atoms with Crippen LogP contribution in [-0.2, 0) is 34.1 Å². The summed E-state index contributed by atoms with van der Waals surface area (Å²) in [5.74, 6) is 0. The maximum atomic E-state index is 8.92. The van der Waals surface area contributed by atoms with Gasteiger partial charge in [-0.3, -0.25) is 0 Å². The van der Waals surface area contributed by atoms with Gasteiger partial charge >= 0.3 is 71.3 Å². The number of hydrogen-bond donors (Lipinski definition) is 2. The predicted molar refractivity (Wildman–Crippen MR) is 96.9 cm³/mol. The van der Waals surface area contributed by atoms with Gasteiger partial charge in [-0.15, -0.1) is 0 Å². The van der Waals surface area contributed by atoms with E-state index < -0.39 is 34.1 Å². The van der Waals surface area contributed by atoms with Crippen LogP contribution in [0.5, 0.6) is 0 Å². The number of rotatable bonds is 0. The summed E-state index contributed by atoms with van der Waals surface area (Å²) in [6, 6.07) is 0. The van der Waals surface area contributed by atoms with E-state index in [0.29, 0.717) is 0 Å². The zero-order chi connectivity index (χ0) is 18.5. The van der Waals surface area contributed by atoms with Crippen molar-refractivity contribution in [2.24, 2.45) is 0 Å². The molecular weight excluding hydrogens is 462 g/mol. The van der Waals surface area contributed by atoms with Gasteiger partial charge in [0.05, 0.1) is 12.2 Å². The van der Waals surface area contributed by atoms with Crippen molar-refractivity contribution < 1.29 is 44.3 Å². The van der Waals surface area contributed by atoms with Crippen molar-refractivity contribution in [3.8, 4) is 0 Å². The van der Waals surface area contributed by atoms with Gasteiger partial charge in [0.15, 0.2) is 0 Å². The molecule has 3 rings (SSSR count). The van der Waals surface area contributed by atoms with Gasteiger partial charge in [0, 0.05) is 0 Å². The molecular formula is C16H22Cl4O2Ti2. The van der Waals surface area contributed by atoms with Crippen LogP contribution in [0.2, 0.25) is 0 Å². The Morgan fingerprint density at radius 2 is 0.625 bits per heavy atom. The summed E-state index contributed by atoms with van der Waals surface area (Å²) in [5.41, 5.74) is 0. The summed E-state index contributed by atoms with van der Waals surface area (Å²) in [7, 11) is 19.6. The normalized spacial score (nSPS) is 24.4. The Kier molecular flexibility index (Phi) is 30.5. The Morgan fingerprint density at radius 3 is 0.750 bits per heavy atom. The predicted octanol–water partition coefficient (Wildman–Crippen LogP) is 5.08. The molecule has 0 amide bonds. The van der Waals surface area contributed by atoms with Crippen LogP contribution >= 0.6 is 37.2 Å². The standard InChI is InChI=1S/C6H12O2.2C5H5.4ClH.2Ti/c7-5-1-2-6(8)4-3-5;2*1-2-4-5-3-1;;;;;;/h5-8H,1-4H2;2*1-5H;4*1H;;/q;;;;;;;2*+2/p-4. The molecule has 0 aromatic carbocycles. The molecule has 0 saturated heterocycles. The van der Waals surface area contributed by atoms with Crippen molar-refractivity contribution in [2.75, 3.05) is 0 Å². The second kappa shape index (κ2) is 25.5. The van der Waals surface area contributed by atoms with E-state index in [1.807, 2.05) is 64.2 Å². The molecule has 134 valence electrons. The van der Waals surface area contributed by atoms with E-state index >= 15 is 0 Å². The third kappa shape index (κ3) is 26.7. The molecule has 0 aromatic heterocycles. The summed E-state index contributed by atoms with van der Waals surface area (Å²) in [6.07, 6.45) is 22.8. The second-order valence-electron chi connectivity index (χ2n) is 4.53. The molecule has 0 bridgehead atoms. The molecule has 24 heavy (non-hydrogen) atoms. The average Bonchev–Trinajstić information content (AvgIpc) is 3.31. The molecule has 3 fully saturated rings. The minimum atomic E-state index is -0.556. The molecule has 10 radical (unpaired) electrons. The first-order valence-electron chi connectivity index (χ1n) is 7.24. The fourth-order valence-corrected chi connectivity index (χ4v) is 1.70. The average molecular weight is 484 g/mol. The molecule has 3 aliphatic carbocycles. The summed E-state index contributed by atoms with van der Waals surface area (Å²) < 4.78 is 0. The van der Waals surface area contributed by atoms with Crippen LogP contribution in [0.1, 0.15) is 25.7 Å². The zero-order valence-corrected chi connectivity index (χ0v) is 19.3. The molecule has 2 N–H and O–H groups in total. The van der Waals surface area contributed by atoms with Crippen molar-refractivity contribution in [1.29, 1.82) is 0 Å². The molecule has 0 unspecified atom stereocenters. The third-order valence-electron chi connectivity index (χ3n) is 2.78. The van der Waals surface area contributed by atoms with Crippen molar-refractivity contribution in [3.63, 3.8) is 0 Å². The number of hydrogen-bond acceptors (Lipinski definition) is 2. The third-order valence-corrected chi connectivity index (χ3v) is 2.78. The Morgan fingerprint density at radius 1 is 0.500 bits per heavy atom. The number of halogens is 4. The van der Waals surface area contributed by atoms with Crippen molar-refractivity contribution in [3.05, 3.63) is 64.2 Å². The van der Waals surface area contributed by atoms with Crippen LogP contribution in [0.3, 0.4) is 0 Å². The van der Waals surface area contributed by atoms with E-state index in [0.717, 1.165) is 25.7 Å². The summed E-state index contributed by atoms with van der Waals surface area (Å²) in [5, 5.41) is 17.8. The first kappa shape index (κ1) is 28.7. The van der Waals surface area contributed by atoms with Gasteiger partial charge in [0.1, 0.15) is 0 Å². The van der Waals surface area contributed by atoms with Crippen LogP contribution in [-0.4, -0.2) is 22.4 Å². The minimum absolute atomic E-state index is 0.140. The molecule has 8 heteroatoms. The first-order valence-corrected chi connectivity index (χ1v) is 15.8. The summed E-state index contributed by atoms with van der Waals surface area (Å²) in [6.45, 7) is 0. The van der Waals surface area contributed by atoms with Gasteiger partial charge in [-0.2, -0.15) is 0 Å². The van der Waals surface area contributed by atoms with Crippen LogP contribution in [0.25, 0.3) is 0 Å². The van der Waals surface area contributed by atoms with Crippen LogP contribution < -0.4 is 0 Å². The van der Waals surface area contributed by atoms with E-state index in [1.54, 1.807) is 0 Å². The van der Waals surface area contributed by atoms with Crippen LogP contribution in [0.4, 0.5) is 0 Å².